The molecule has 0 aromatic carbocycles. The molecule has 0 aliphatic carbocycles. The predicted molar refractivity (Wildman–Crippen MR) is 51.2 cm³/mol. The molecule has 0 spiro atoms. The van der Waals surface area contributed by atoms with E-state index in [1.54, 1.807) is 0 Å². The minimum absolute atomic E-state index is 0.822. The van der Waals surface area contributed by atoms with Crippen LogP contribution in [0.1, 0.15) is 0 Å². The lowest BCUT2D eigenvalue weighted by atomic mass is 8.96. The topological polar surface area (TPSA) is 0 Å². The van der Waals surface area contributed by atoms with Crippen molar-refractivity contribution >= 4 is 56.3 Å². The Morgan fingerprint density at radius 1 is 1.17 bits per heavy atom. The van der Waals surface area contributed by atoms with Crippen LogP contribution in [-0.4, -0.2) is 33.9 Å². The van der Waals surface area contributed by atoms with Crippen molar-refractivity contribution in [1.82, 2.24) is 0 Å². The number of hydrogen-bond acceptors (Lipinski definition) is 0. The average molecular weight is 187 g/mol. The van der Waals surface area contributed by atoms with E-state index in [1.165, 1.54) is 0 Å². The zero-order valence-corrected chi connectivity index (χ0v) is 6.69. The fourth-order valence-electron chi connectivity index (χ4n) is 0. The van der Waals surface area contributed by atoms with E-state index in [4.69, 9.17) is 0 Å². The standard InChI is InChI=1S/B5H6I/c1-4(2)5(3)6/h1-3H2. The van der Waals surface area contributed by atoms with Crippen molar-refractivity contribution < 1.29 is 0 Å². The monoisotopic (exact) mass is 188 g/mol. The maximum absolute atomic E-state index is 2.43. The molecule has 0 aromatic rings. The second-order valence-electron chi connectivity index (χ2n) is 1.92. The first-order valence-corrected chi connectivity index (χ1v) is 3.53. The Bertz CT molecular complexity index is 24.9. The number of hydrogen-bond donors (Lipinski definition) is 0. The molecule has 0 aliphatic heterocycles. The Balaban J connectivity index is 2.99. The minimum atomic E-state index is 0.822. The van der Waals surface area contributed by atoms with Crippen LogP contribution in [0, 0.1) is 0 Å². The Morgan fingerprint density at radius 2 is 1.33 bits per heavy atom. The maximum Gasteiger partial charge on any atom is 0.131 e. The molecular formula is H6B5I. The normalized spacial score (nSPS) is 7.50. The summed E-state index contributed by atoms with van der Waals surface area (Å²) in [6.45, 7) is 0. The van der Waals surface area contributed by atoms with Gasteiger partial charge in [0.1, 0.15) is 4.35 Å². The van der Waals surface area contributed by atoms with Gasteiger partial charge in [0.25, 0.3) is 0 Å². The van der Waals surface area contributed by atoms with Gasteiger partial charge in [-0.3, -0.25) is 0 Å². The highest BCUT2D eigenvalue weighted by Gasteiger charge is 2.06. The number of rotatable bonds is 1. The van der Waals surface area contributed by atoms with E-state index in [0.717, 1.165) is 10.7 Å². The summed E-state index contributed by atoms with van der Waals surface area (Å²) in [5.74, 6) is 0. The summed E-state index contributed by atoms with van der Waals surface area (Å²) in [5.41, 5.74) is 0. The third-order valence-electron chi connectivity index (χ3n) is 0.919. The van der Waals surface area contributed by atoms with Crippen LogP contribution in [0.4, 0.5) is 0 Å². The van der Waals surface area contributed by atoms with E-state index in [0.29, 0.717) is 0 Å². The molecule has 0 radical (unpaired) electrons. The lowest BCUT2D eigenvalue weighted by molar-refractivity contribution is 3.88. The van der Waals surface area contributed by atoms with E-state index in [2.05, 4.69) is 45.6 Å². The molecule has 0 amide bonds. The Kier molecular flexibility index (Phi) is 3.65. The molecule has 0 N–H and O–H groups in total. The van der Waals surface area contributed by atoms with E-state index in [1.807, 2.05) is 0 Å². The summed E-state index contributed by atoms with van der Waals surface area (Å²) >= 11 is 2.43. The summed E-state index contributed by atoms with van der Waals surface area (Å²) in [6.07, 6.45) is 0.839. The summed E-state index contributed by atoms with van der Waals surface area (Å²) in [5, 5.41) is 0. The summed E-state index contributed by atoms with van der Waals surface area (Å²) in [4.78, 5) is 0. The van der Waals surface area contributed by atoms with Crippen LogP contribution in [0.15, 0.2) is 0 Å². The number of halogens is 1. The van der Waals surface area contributed by atoms with Gasteiger partial charge in [0, 0.05) is 6.39 Å². The Morgan fingerprint density at radius 3 is 1.33 bits per heavy atom. The van der Waals surface area contributed by atoms with E-state index in [9.17, 15) is 0 Å². The quantitative estimate of drug-likeness (QED) is 0.311. The zero-order valence-electron chi connectivity index (χ0n) is 4.53. The molecule has 0 unspecified atom stereocenters. The van der Waals surface area contributed by atoms with Gasteiger partial charge in [0.15, 0.2) is 0 Å². The molecule has 0 atom stereocenters. The summed E-state index contributed by atoms with van der Waals surface area (Å²) in [7, 11) is 6.69. The molecule has 0 nitrogen and oxygen atoms in total. The third-order valence-corrected chi connectivity index (χ3v) is 2.36. The minimum Gasteiger partial charge on any atom is -0.172 e. The fourth-order valence-corrected chi connectivity index (χ4v) is 0. The van der Waals surface area contributed by atoms with Gasteiger partial charge in [-0.15, -0.1) is 0 Å². The van der Waals surface area contributed by atoms with Crippen LogP contribution < -0.4 is 0 Å². The van der Waals surface area contributed by atoms with Gasteiger partial charge in [0.2, 0.25) is 0 Å². The highest BCUT2D eigenvalue weighted by molar-refractivity contribution is 14.1. The molecule has 0 saturated carbocycles. The van der Waals surface area contributed by atoms with Crippen LogP contribution in [0.2, 0.25) is 0 Å². The predicted octanol–water partition coefficient (Wildman–Crippen LogP) is -2.62. The second-order valence-corrected chi connectivity index (χ2v) is 3.89. The summed E-state index contributed by atoms with van der Waals surface area (Å²) in [6, 6.07) is 0. The van der Waals surface area contributed by atoms with Crippen LogP contribution in [0.5, 0.6) is 0 Å². The van der Waals surface area contributed by atoms with E-state index < -0.39 is 0 Å². The van der Waals surface area contributed by atoms with Crippen molar-refractivity contribution in [1.29, 1.82) is 0 Å². The molecule has 0 bridgehead atoms. The van der Waals surface area contributed by atoms with Gasteiger partial charge < -0.3 is 0 Å². The lowest BCUT2D eigenvalue weighted by Crippen LogP contribution is -2.32. The van der Waals surface area contributed by atoms with Crippen molar-refractivity contribution in [3.05, 3.63) is 0 Å². The molecule has 0 rings (SSSR count). The molecule has 0 fully saturated rings. The second kappa shape index (κ2) is 3.11. The largest absolute Gasteiger partial charge is 0.172 e. The maximum atomic E-state index is 2.43. The average Bonchev–Trinajstić information content (AvgIpc) is 1.36. The van der Waals surface area contributed by atoms with Crippen molar-refractivity contribution in [2.24, 2.45) is 0 Å². The molecule has 0 heterocycles. The zero-order chi connectivity index (χ0) is 5.15. The SMILES string of the molecule is BB(B)B(B)I. The molecule has 0 aliphatic rings. The molecule has 0 saturated heterocycles. The first-order chi connectivity index (χ1) is 2.64. The van der Waals surface area contributed by atoms with Gasteiger partial charge in [0.05, 0.1) is 23.2 Å². The van der Waals surface area contributed by atoms with Crippen molar-refractivity contribution in [3.8, 4) is 0 Å². The smallest absolute Gasteiger partial charge is 0.131 e. The van der Waals surface area contributed by atoms with Gasteiger partial charge in [-0.05, 0) is 0 Å². The highest BCUT2D eigenvalue weighted by Crippen LogP contribution is 1.85. The van der Waals surface area contributed by atoms with Gasteiger partial charge >= 0.3 is 0 Å². The highest BCUT2D eigenvalue weighted by atomic mass is 127. The first-order valence-electron chi connectivity index (χ1n) is 2.28. The first kappa shape index (κ1) is 7.05. The molecular weight excluding hydrogens is 181 g/mol. The lowest BCUT2D eigenvalue weighted by Gasteiger charge is -1.94. The van der Waals surface area contributed by atoms with Crippen molar-refractivity contribution in [3.63, 3.8) is 0 Å². The van der Waals surface area contributed by atoms with Gasteiger partial charge in [-0.2, -0.15) is 22.4 Å². The molecule has 28 valence electrons. The van der Waals surface area contributed by atoms with Crippen molar-refractivity contribution in [2.75, 3.05) is 0 Å². The van der Waals surface area contributed by atoms with Crippen molar-refractivity contribution in [2.45, 2.75) is 0 Å². The van der Waals surface area contributed by atoms with E-state index in [-0.39, 0.29) is 0 Å². The molecule has 6 heteroatoms. The van der Waals surface area contributed by atoms with Crippen LogP contribution in [-0.2, 0) is 0 Å². The van der Waals surface area contributed by atoms with Gasteiger partial charge in [-0.1, -0.05) is 0 Å². The van der Waals surface area contributed by atoms with Crippen LogP contribution in [0.25, 0.3) is 0 Å². The van der Waals surface area contributed by atoms with Gasteiger partial charge in [-0.25, -0.2) is 0 Å². The summed E-state index contributed by atoms with van der Waals surface area (Å²) < 4.78 is 0.822. The van der Waals surface area contributed by atoms with E-state index >= 15 is 0 Å². The van der Waals surface area contributed by atoms with Crippen LogP contribution >= 0.6 is 22.4 Å². The molecule has 0 aromatic heterocycles. The Labute approximate surface area is 56.4 Å². The van der Waals surface area contributed by atoms with Crippen LogP contribution in [0.3, 0.4) is 0 Å². The molecule has 6 heavy (non-hydrogen) atoms. The fraction of sp³-hybridized carbons (Fsp3) is 0. The third kappa shape index (κ3) is 3.25. The Hall–Kier alpha value is 1.05.